The Morgan fingerprint density at radius 2 is 2.05 bits per heavy atom. The summed E-state index contributed by atoms with van der Waals surface area (Å²) in [6.07, 6.45) is 4.96. The Hall–Kier alpha value is 0.0200. The topological polar surface area (TPSA) is 38.2 Å². The van der Waals surface area contributed by atoms with E-state index in [-0.39, 0.29) is 6.10 Å². The molecular formula is C14H19ClIN3O. The number of hydrogen-bond acceptors (Lipinski definition) is 4. The molecule has 6 heteroatoms. The molecule has 1 unspecified atom stereocenters. The SMILES string of the molecule is CN1CCOC(c2nc(Cl)c(I)c(C3CCCC3)n2)C1. The summed E-state index contributed by atoms with van der Waals surface area (Å²) in [6.45, 7) is 2.53. The van der Waals surface area contributed by atoms with E-state index >= 15 is 0 Å². The molecule has 1 aliphatic heterocycles. The number of ether oxygens (including phenoxy) is 1. The van der Waals surface area contributed by atoms with Crippen molar-refractivity contribution in [2.45, 2.75) is 37.7 Å². The molecule has 0 spiro atoms. The molecule has 2 heterocycles. The minimum absolute atomic E-state index is 0.0524. The zero-order chi connectivity index (χ0) is 14.1. The van der Waals surface area contributed by atoms with Crippen molar-refractivity contribution >= 4 is 34.2 Å². The molecule has 110 valence electrons. The summed E-state index contributed by atoms with van der Waals surface area (Å²) >= 11 is 8.60. The van der Waals surface area contributed by atoms with Crippen LogP contribution in [0.25, 0.3) is 0 Å². The average Bonchev–Trinajstić information content (AvgIpc) is 2.95. The van der Waals surface area contributed by atoms with Crippen molar-refractivity contribution in [3.63, 3.8) is 0 Å². The molecule has 4 nitrogen and oxygen atoms in total. The first kappa shape index (κ1) is 14.9. The van der Waals surface area contributed by atoms with Crippen molar-refractivity contribution < 1.29 is 4.74 Å². The third-order valence-electron chi connectivity index (χ3n) is 4.15. The molecule has 0 bridgehead atoms. The predicted molar refractivity (Wildman–Crippen MR) is 87.2 cm³/mol. The first-order valence-electron chi connectivity index (χ1n) is 7.18. The zero-order valence-corrected chi connectivity index (χ0v) is 14.5. The first-order valence-corrected chi connectivity index (χ1v) is 8.64. The van der Waals surface area contributed by atoms with Gasteiger partial charge < -0.3 is 9.64 Å². The minimum Gasteiger partial charge on any atom is -0.368 e. The molecule has 1 aromatic heterocycles. The van der Waals surface area contributed by atoms with Crippen LogP contribution in [0.1, 0.15) is 49.2 Å². The van der Waals surface area contributed by atoms with Crippen molar-refractivity contribution in [3.8, 4) is 0 Å². The Morgan fingerprint density at radius 1 is 1.30 bits per heavy atom. The highest BCUT2D eigenvalue weighted by molar-refractivity contribution is 14.1. The molecule has 1 atom stereocenters. The molecule has 2 fully saturated rings. The van der Waals surface area contributed by atoms with Crippen LogP contribution in [0, 0.1) is 3.57 Å². The highest BCUT2D eigenvalue weighted by Gasteiger charge is 2.27. The van der Waals surface area contributed by atoms with Crippen LogP contribution in [0.15, 0.2) is 0 Å². The van der Waals surface area contributed by atoms with Crippen LogP contribution in [0.4, 0.5) is 0 Å². The van der Waals surface area contributed by atoms with E-state index in [2.05, 4.69) is 39.5 Å². The van der Waals surface area contributed by atoms with Gasteiger partial charge in [0.2, 0.25) is 0 Å². The zero-order valence-electron chi connectivity index (χ0n) is 11.6. The van der Waals surface area contributed by atoms with Crippen LogP contribution in [-0.4, -0.2) is 41.6 Å². The normalized spacial score (nSPS) is 25.2. The van der Waals surface area contributed by atoms with E-state index in [4.69, 9.17) is 21.3 Å². The number of likely N-dealkylation sites (N-methyl/N-ethyl adjacent to an activating group) is 1. The first-order chi connectivity index (χ1) is 9.65. The lowest BCUT2D eigenvalue weighted by atomic mass is 10.0. The van der Waals surface area contributed by atoms with Crippen molar-refractivity contribution in [2.75, 3.05) is 26.7 Å². The molecular weight excluding hydrogens is 389 g/mol. The Labute approximate surface area is 138 Å². The van der Waals surface area contributed by atoms with E-state index in [0.29, 0.717) is 11.1 Å². The molecule has 0 aromatic carbocycles. The van der Waals surface area contributed by atoms with E-state index in [1.807, 2.05) is 0 Å². The smallest absolute Gasteiger partial charge is 0.160 e. The second-order valence-electron chi connectivity index (χ2n) is 5.67. The number of rotatable bonds is 2. The molecule has 0 radical (unpaired) electrons. The summed E-state index contributed by atoms with van der Waals surface area (Å²) in [4.78, 5) is 11.5. The van der Waals surface area contributed by atoms with Gasteiger partial charge in [-0.3, -0.25) is 0 Å². The molecule has 0 N–H and O–H groups in total. The van der Waals surface area contributed by atoms with Gasteiger partial charge in [-0.05, 0) is 42.5 Å². The number of morpholine rings is 1. The predicted octanol–water partition coefficient (Wildman–Crippen LogP) is 3.40. The lowest BCUT2D eigenvalue weighted by Crippen LogP contribution is -2.36. The highest BCUT2D eigenvalue weighted by atomic mass is 127. The van der Waals surface area contributed by atoms with Crippen molar-refractivity contribution in [1.29, 1.82) is 0 Å². The van der Waals surface area contributed by atoms with Gasteiger partial charge >= 0.3 is 0 Å². The lowest BCUT2D eigenvalue weighted by molar-refractivity contribution is -0.0256. The van der Waals surface area contributed by atoms with Gasteiger partial charge in [-0.15, -0.1) is 0 Å². The Balaban J connectivity index is 1.91. The highest BCUT2D eigenvalue weighted by Crippen LogP contribution is 2.37. The standard InChI is InChI=1S/C14H19ClIN3O/c1-19-6-7-20-10(8-19)14-17-12(9-4-2-3-5-9)11(16)13(15)18-14/h9-10H,2-8H2,1H3. The molecule has 1 aromatic rings. The molecule has 20 heavy (non-hydrogen) atoms. The van der Waals surface area contributed by atoms with Crippen molar-refractivity contribution in [3.05, 3.63) is 20.2 Å². The Morgan fingerprint density at radius 3 is 2.75 bits per heavy atom. The van der Waals surface area contributed by atoms with Crippen LogP contribution >= 0.6 is 34.2 Å². The molecule has 3 rings (SSSR count). The molecule has 1 saturated heterocycles. The fraction of sp³-hybridized carbons (Fsp3) is 0.714. The van der Waals surface area contributed by atoms with Gasteiger partial charge in [-0.1, -0.05) is 24.4 Å². The third kappa shape index (κ3) is 3.10. The Bertz CT molecular complexity index is 494. The van der Waals surface area contributed by atoms with E-state index in [0.717, 1.165) is 34.8 Å². The fourth-order valence-corrected chi connectivity index (χ4v) is 3.87. The van der Waals surface area contributed by atoms with Crippen LogP contribution in [0.5, 0.6) is 0 Å². The maximum absolute atomic E-state index is 6.33. The second-order valence-corrected chi connectivity index (χ2v) is 7.11. The molecule has 2 aliphatic rings. The van der Waals surface area contributed by atoms with E-state index in [1.165, 1.54) is 25.7 Å². The van der Waals surface area contributed by atoms with Crippen LogP contribution in [0.3, 0.4) is 0 Å². The average molecular weight is 408 g/mol. The van der Waals surface area contributed by atoms with Gasteiger partial charge in [0, 0.05) is 19.0 Å². The Kier molecular flexibility index (Phi) is 4.79. The summed E-state index contributed by atoms with van der Waals surface area (Å²) in [5.74, 6) is 1.30. The summed E-state index contributed by atoms with van der Waals surface area (Å²) in [6, 6.07) is 0. The number of aromatic nitrogens is 2. The quantitative estimate of drug-likeness (QED) is 0.556. The summed E-state index contributed by atoms with van der Waals surface area (Å²) in [5, 5.41) is 0.578. The van der Waals surface area contributed by atoms with Gasteiger partial charge in [-0.25, -0.2) is 9.97 Å². The minimum atomic E-state index is -0.0524. The summed E-state index contributed by atoms with van der Waals surface area (Å²) in [7, 11) is 2.10. The largest absolute Gasteiger partial charge is 0.368 e. The fourth-order valence-electron chi connectivity index (χ4n) is 3.00. The van der Waals surface area contributed by atoms with Crippen molar-refractivity contribution in [2.24, 2.45) is 0 Å². The summed E-state index contributed by atoms with van der Waals surface area (Å²) in [5.41, 5.74) is 1.13. The lowest BCUT2D eigenvalue weighted by Gasteiger charge is -2.29. The van der Waals surface area contributed by atoms with Crippen molar-refractivity contribution in [1.82, 2.24) is 14.9 Å². The van der Waals surface area contributed by atoms with E-state index < -0.39 is 0 Å². The van der Waals surface area contributed by atoms with Crippen LogP contribution in [0.2, 0.25) is 5.15 Å². The second kappa shape index (κ2) is 6.42. The maximum Gasteiger partial charge on any atom is 0.160 e. The van der Waals surface area contributed by atoms with Gasteiger partial charge in [0.15, 0.2) is 5.82 Å². The monoisotopic (exact) mass is 407 g/mol. The maximum atomic E-state index is 6.33. The number of nitrogens with zero attached hydrogens (tertiary/aromatic N) is 3. The van der Waals surface area contributed by atoms with Gasteiger partial charge in [0.1, 0.15) is 11.3 Å². The van der Waals surface area contributed by atoms with Gasteiger partial charge in [0.05, 0.1) is 15.9 Å². The molecule has 1 aliphatic carbocycles. The number of halogens is 2. The third-order valence-corrected chi connectivity index (χ3v) is 5.81. The molecule has 1 saturated carbocycles. The van der Waals surface area contributed by atoms with E-state index in [9.17, 15) is 0 Å². The van der Waals surface area contributed by atoms with Crippen LogP contribution < -0.4 is 0 Å². The van der Waals surface area contributed by atoms with Crippen LogP contribution in [-0.2, 0) is 4.74 Å². The summed E-state index contributed by atoms with van der Waals surface area (Å²) < 4.78 is 6.84. The van der Waals surface area contributed by atoms with Gasteiger partial charge in [-0.2, -0.15) is 0 Å². The van der Waals surface area contributed by atoms with Gasteiger partial charge in [0.25, 0.3) is 0 Å². The molecule has 0 amide bonds. The number of hydrogen-bond donors (Lipinski definition) is 0. The van der Waals surface area contributed by atoms with E-state index in [1.54, 1.807) is 0 Å².